The van der Waals surface area contributed by atoms with Crippen molar-refractivity contribution in [3.05, 3.63) is 40.3 Å². The fraction of sp³-hybridized carbons (Fsp3) is 0.550. The average Bonchev–Trinajstić information content (AvgIpc) is 3.41. The van der Waals surface area contributed by atoms with Crippen LogP contribution in [0.2, 0.25) is 5.02 Å². The fourth-order valence-corrected chi connectivity index (χ4v) is 3.95. The van der Waals surface area contributed by atoms with Gasteiger partial charge in [0, 0.05) is 36.5 Å². The lowest BCUT2D eigenvalue weighted by Crippen LogP contribution is -2.38. The summed E-state index contributed by atoms with van der Waals surface area (Å²) in [5, 5.41) is 14.6. The predicted octanol–water partition coefficient (Wildman–Crippen LogP) is 4.04. The van der Waals surface area contributed by atoms with E-state index in [1.807, 2.05) is 6.92 Å². The summed E-state index contributed by atoms with van der Waals surface area (Å²) >= 11 is 5.97. The first-order valence-corrected chi connectivity index (χ1v) is 10.2. The summed E-state index contributed by atoms with van der Waals surface area (Å²) in [5.41, 5.74) is 2.53. The Kier molecular flexibility index (Phi) is 5.34. The molecule has 4 rings (SSSR count). The van der Waals surface area contributed by atoms with Crippen LogP contribution in [0.15, 0.2) is 18.3 Å². The first-order chi connectivity index (χ1) is 13.1. The number of hydrogen-bond donors (Lipinski definition) is 3. The molecule has 2 aromatic heterocycles. The lowest BCUT2D eigenvalue weighted by Gasteiger charge is -2.29. The first-order valence-electron chi connectivity index (χ1n) is 9.80. The number of rotatable bonds is 6. The van der Waals surface area contributed by atoms with Crippen LogP contribution in [0.25, 0.3) is 0 Å². The Labute approximate surface area is 164 Å². The third-order valence-electron chi connectivity index (χ3n) is 5.67. The molecule has 0 spiro atoms. The third-order valence-corrected chi connectivity index (χ3v) is 5.87. The van der Waals surface area contributed by atoms with Crippen molar-refractivity contribution in [2.24, 2.45) is 5.92 Å². The van der Waals surface area contributed by atoms with E-state index in [1.54, 1.807) is 12.3 Å². The zero-order chi connectivity index (χ0) is 18.8. The summed E-state index contributed by atoms with van der Waals surface area (Å²) in [5.74, 6) is 2.20. The predicted molar refractivity (Wildman–Crippen MR) is 106 cm³/mol. The number of pyridine rings is 1. The Morgan fingerprint density at radius 2 is 2.00 bits per heavy atom. The highest BCUT2D eigenvalue weighted by atomic mass is 35.5. The van der Waals surface area contributed by atoms with Gasteiger partial charge < -0.3 is 10.6 Å². The van der Waals surface area contributed by atoms with Gasteiger partial charge in [-0.1, -0.05) is 11.6 Å². The van der Waals surface area contributed by atoms with E-state index in [0.717, 1.165) is 38.0 Å². The quantitative estimate of drug-likeness (QED) is 0.698. The Balaban J connectivity index is 1.22. The van der Waals surface area contributed by atoms with Gasteiger partial charge in [-0.05, 0) is 57.4 Å². The molecular weight excluding hydrogens is 362 g/mol. The number of aromatic amines is 1. The maximum Gasteiger partial charge on any atom is 0.253 e. The van der Waals surface area contributed by atoms with Gasteiger partial charge in [0.15, 0.2) is 0 Å². The van der Waals surface area contributed by atoms with Gasteiger partial charge in [-0.15, -0.1) is 0 Å². The number of nitrogens with one attached hydrogen (secondary N) is 3. The maximum atomic E-state index is 12.5. The zero-order valence-electron chi connectivity index (χ0n) is 15.6. The van der Waals surface area contributed by atoms with Crippen molar-refractivity contribution in [1.29, 1.82) is 0 Å². The molecule has 3 N–H and O–H groups in total. The van der Waals surface area contributed by atoms with Crippen molar-refractivity contribution < 1.29 is 4.79 Å². The second-order valence-corrected chi connectivity index (χ2v) is 8.28. The Morgan fingerprint density at radius 1 is 1.22 bits per heavy atom. The fourth-order valence-electron chi connectivity index (χ4n) is 3.79. The van der Waals surface area contributed by atoms with E-state index in [1.165, 1.54) is 18.5 Å². The molecule has 144 valence electrons. The second kappa shape index (κ2) is 7.89. The average molecular weight is 388 g/mol. The first kappa shape index (κ1) is 18.3. The molecule has 2 aliphatic rings. The van der Waals surface area contributed by atoms with Gasteiger partial charge in [-0.25, -0.2) is 0 Å². The molecule has 0 unspecified atom stereocenters. The number of aromatic nitrogens is 3. The van der Waals surface area contributed by atoms with Crippen LogP contribution in [0.1, 0.15) is 66.2 Å². The van der Waals surface area contributed by atoms with Crippen LogP contribution in [-0.2, 0) is 0 Å². The number of amides is 1. The summed E-state index contributed by atoms with van der Waals surface area (Å²) in [7, 11) is 0. The van der Waals surface area contributed by atoms with Crippen LogP contribution >= 0.6 is 11.6 Å². The molecule has 2 aliphatic carbocycles. The highest BCUT2D eigenvalue weighted by Gasteiger charge is 2.26. The van der Waals surface area contributed by atoms with Crippen LogP contribution in [0.3, 0.4) is 0 Å². The Hall–Kier alpha value is -2.08. The number of carbonyl (C=O) groups excluding carboxylic acids is 1. The molecule has 7 heteroatoms. The summed E-state index contributed by atoms with van der Waals surface area (Å²) in [4.78, 5) is 16.7. The molecule has 0 atom stereocenters. The van der Waals surface area contributed by atoms with Gasteiger partial charge in [-0.2, -0.15) is 5.10 Å². The Morgan fingerprint density at radius 3 is 2.74 bits per heavy atom. The normalized spacial score (nSPS) is 22.4. The van der Waals surface area contributed by atoms with Crippen molar-refractivity contribution in [1.82, 2.24) is 20.5 Å². The molecule has 2 heterocycles. The molecule has 2 fully saturated rings. The Bertz CT molecular complexity index is 808. The molecule has 0 aliphatic heterocycles. The molecular formula is C20H26ClN5O. The highest BCUT2D eigenvalue weighted by molar-refractivity contribution is 6.30. The van der Waals surface area contributed by atoms with Crippen LogP contribution in [0.5, 0.6) is 0 Å². The van der Waals surface area contributed by atoms with Gasteiger partial charge in [-0.3, -0.25) is 14.9 Å². The number of halogens is 1. The SMILES string of the molecule is Cc1ncc(Cl)cc1C(=O)NC1CCC(CNc2cc(C3CC3)[nH]n2)CC1. The number of nitrogens with zero attached hydrogens (tertiary/aromatic N) is 2. The number of carbonyl (C=O) groups is 1. The summed E-state index contributed by atoms with van der Waals surface area (Å²) in [6.07, 6.45) is 8.33. The number of aryl methyl sites for hydroxylation is 1. The van der Waals surface area contributed by atoms with Crippen LogP contribution in [-0.4, -0.2) is 33.7 Å². The minimum atomic E-state index is -0.0757. The summed E-state index contributed by atoms with van der Waals surface area (Å²) in [6.45, 7) is 2.77. The minimum Gasteiger partial charge on any atom is -0.368 e. The zero-order valence-corrected chi connectivity index (χ0v) is 16.4. The topological polar surface area (TPSA) is 82.7 Å². The van der Waals surface area contributed by atoms with Gasteiger partial charge >= 0.3 is 0 Å². The molecule has 0 aromatic carbocycles. The smallest absolute Gasteiger partial charge is 0.253 e. The van der Waals surface area contributed by atoms with E-state index in [-0.39, 0.29) is 11.9 Å². The number of H-pyrrole nitrogens is 1. The summed E-state index contributed by atoms with van der Waals surface area (Å²) in [6, 6.07) is 4.05. The van der Waals surface area contributed by atoms with Gasteiger partial charge in [0.2, 0.25) is 0 Å². The molecule has 6 nitrogen and oxygen atoms in total. The molecule has 0 saturated heterocycles. The molecule has 0 bridgehead atoms. The van der Waals surface area contributed by atoms with Gasteiger partial charge in [0.25, 0.3) is 5.91 Å². The van der Waals surface area contributed by atoms with Gasteiger partial charge in [0.1, 0.15) is 5.82 Å². The standard InChI is InChI=1S/C20H26ClN5O/c1-12-17(8-15(21)11-22-12)20(27)24-16-6-2-13(3-7-16)10-23-19-9-18(25-26-19)14-4-5-14/h8-9,11,13-14,16H,2-7,10H2,1H3,(H,24,27)(H2,23,25,26). The minimum absolute atomic E-state index is 0.0757. The summed E-state index contributed by atoms with van der Waals surface area (Å²) < 4.78 is 0. The van der Waals surface area contributed by atoms with Crippen molar-refractivity contribution in [2.45, 2.75) is 57.4 Å². The van der Waals surface area contributed by atoms with E-state index in [0.29, 0.717) is 28.1 Å². The van der Waals surface area contributed by atoms with Crippen LogP contribution < -0.4 is 10.6 Å². The van der Waals surface area contributed by atoms with E-state index < -0.39 is 0 Å². The molecule has 2 aromatic rings. The van der Waals surface area contributed by atoms with Gasteiger partial charge in [0.05, 0.1) is 16.3 Å². The van der Waals surface area contributed by atoms with E-state index >= 15 is 0 Å². The van der Waals surface area contributed by atoms with Crippen LogP contribution in [0, 0.1) is 12.8 Å². The highest BCUT2D eigenvalue weighted by Crippen LogP contribution is 2.39. The van der Waals surface area contributed by atoms with E-state index in [9.17, 15) is 4.79 Å². The van der Waals surface area contributed by atoms with E-state index in [4.69, 9.17) is 11.6 Å². The number of anilines is 1. The van der Waals surface area contributed by atoms with Crippen molar-refractivity contribution >= 4 is 23.3 Å². The lowest BCUT2D eigenvalue weighted by molar-refractivity contribution is 0.0921. The number of hydrogen-bond acceptors (Lipinski definition) is 4. The lowest BCUT2D eigenvalue weighted by atomic mass is 9.86. The molecule has 0 radical (unpaired) electrons. The monoisotopic (exact) mass is 387 g/mol. The largest absolute Gasteiger partial charge is 0.368 e. The van der Waals surface area contributed by atoms with Crippen molar-refractivity contribution in [3.63, 3.8) is 0 Å². The molecule has 2 saturated carbocycles. The maximum absolute atomic E-state index is 12.5. The van der Waals surface area contributed by atoms with E-state index in [2.05, 4.69) is 31.9 Å². The molecule has 27 heavy (non-hydrogen) atoms. The second-order valence-electron chi connectivity index (χ2n) is 7.84. The van der Waals surface area contributed by atoms with Crippen molar-refractivity contribution in [2.75, 3.05) is 11.9 Å². The third kappa shape index (κ3) is 4.61. The van der Waals surface area contributed by atoms with Crippen LogP contribution in [0.4, 0.5) is 5.82 Å². The molecule has 1 amide bonds. The van der Waals surface area contributed by atoms with Crippen molar-refractivity contribution in [3.8, 4) is 0 Å².